The molecule has 108 valence electrons. The van der Waals surface area contributed by atoms with Gasteiger partial charge in [-0.25, -0.2) is 0 Å². The van der Waals surface area contributed by atoms with E-state index in [0.29, 0.717) is 18.4 Å². The largest absolute Gasteiger partial charge is 0.390 e. The molecule has 4 atom stereocenters. The van der Waals surface area contributed by atoms with Crippen LogP contribution in [0.1, 0.15) is 72.6 Å². The lowest BCUT2D eigenvalue weighted by Crippen LogP contribution is -2.49. The van der Waals surface area contributed by atoms with Crippen molar-refractivity contribution in [3.05, 3.63) is 0 Å². The van der Waals surface area contributed by atoms with Crippen LogP contribution in [0.5, 0.6) is 0 Å². The molecule has 0 radical (unpaired) electrons. The monoisotopic (exact) mass is 256 g/mol. The van der Waals surface area contributed by atoms with Crippen LogP contribution in [0.25, 0.3) is 0 Å². The second kappa shape index (κ2) is 7.49. The summed E-state index contributed by atoms with van der Waals surface area (Å²) in [6, 6.07) is 0. The van der Waals surface area contributed by atoms with Crippen molar-refractivity contribution in [3.63, 3.8) is 0 Å². The van der Waals surface area contributed by atoms with Gasteiger partial charge in [-0.2, -0.15) is 0 Å². The van der Waals surface area contributed by atoms with Crippen LogP contribution in [0.4, 0.5) is 0 Å². The van der Waals surface area contributed by atoms with Crippen molar-refractivity contribution in [2.75, 3.05) is 6.61 Å². The zero-order valence-electron chi connectivity index (χ0n) is 12.7. The SMILES string of the molecule is CCCC(C)CC(O)C1(OCC)CCCC(C)C1. The summed E-state index contributed by atoms with van der Waals surface area (Å²) in [6.07, 6.45) is 7.54. The predicted octanol–water partition coefficient (Wildman–Crippen LogP) is 4.16. The fourth-order valence-electron chi connectivity index (χ4n) is 3.57. The van der Waals surface area contributed by atoms with Gasteiger partial charge < -0.3 is 9.84 Å². The Balaban J connectivity index is 2.64. The van der Waals surface area contributed by atoms with E-state index >= 15 is 0 Å². The molecule has 2 nitrogen and oxygen atoms in total. The van der Waals surface area contributed by atoms with E-state index in [1.54, 1.807) is 0 Å². The molecule has 0 heterocycles. The van der Waals surface area contributed by atoms with Gasteiger partial charge in [0.25, 0.3) is 0 Å². The Hall–Kier alpha value is -0.0800. The molecule has 18 heavy (non-hydrogen) atoms. The Morgan fingerprint density at radius 3 is 2.67 bits per heavy atom. The number of hydrogen-bond acceptors (Lipinski definition) is 2. The van der Waals surface area contributed by atoms with Crippen LogP contribution in [0, 0.1) is 11.8 Å². The van der Waals surface area contributed by atoms with Crippen molar-refractivity contribution in [2.45, 2.75) is 84.3 Å². The van der Waals surface area contributed by atoms with Crippen LogP contribution in [-0.4, -0.2) is 23.4 Å². The summed E-state index contributed by atoms with van der Waals surface area (Å²) in [5.74, 6) is 1.28. The Morgan fingerprint density at radius 2 is 2.11 bits per heavy atom. The molecule has 0 saturated heterocycles. The van der Waals surface area contributed by atoms with Gasteiger partial charge in [0.1, 0.15) is 0 Å². The minimum absolute atomic E-state index is 0.256. The Morgan fingerprint density at radius 1 is 1.39 bits per heavy atom. The van der Waals surface area contributed by atoms with Crippen molar-refractivity contribution < 1.29 is 9.84 Å². The lowest BCUT2D eigenvalue weighted by molar-refractivity contribution is -0.152. The van der Waals surface area contributed by atoms with Gasteiger partial charge in [-0.15, -0.1) is 0 Å². The van der Waals surface area contributed by atoms with Gasteiger partial charge in [0.2, 0.25) is 0 Å². The van der Waals surface area contributed by atoms with Gasteiger partial charge in [0, 0.05) is 6.61 Å². The number of ether oxygens (including phenoxy) is 1. The van der Waals surface area contributed by atoms with Gasteiger partial charge in [0.15, 0.2) is 0 Å². The van der Waals surface area contributed by atoms with E-state index in [4.69, 9.17) is 4.74 Å². The molecule has 0 aromatic rings. The Bertz CT molecular complexity index is 225. The molecule has 0 amide bonds. The van der Waals surface area contributed by atoms with Crippen LogP contribution < -0.4 is 0 Å². The maximum Gasteiger partial charge on any atom is 0.0942 e. The fourth-order valence-corrected chi connectivity index (χ4v) is 3.57. The summed E-state index contributed by atoms with van der Waals surface area (Å²) in [4.78, 5) is 0. The van der Waals surface area contributed by atoms with Gasteiger partial charge in [-0.3, -0.25) is 0 Å². The van der Waals surface area contributed by atoms with E-state index in [1.807, 2.05) is 6.92 Å². The molecule has 0 aromatic heterocycles. The molecule has 0 aliphatic heterocycles. The van der Waals surface area contributed by atoms with Crippen molar-refractivity contribution in [1.29, 1.82) is 0 Å². The first-order chi connectivity index (χ1) is 8.54. The van der Waals surface area contributed by atoms with Crippen LogP contribution in [-0.2, 0) is 4.74 Å². The van der Waals surface area contributed by atoms with E-state index < -0.39 is 0 Å². The summed E-state index contributed by atoms with van der Waals surface area (Å²) >= 11 is 0. The highest BCUT2D eigenvalue weighted by Gasteiger charge is 2.42. The molecular weight excluding hydrogens is 224 g/mol. The minimum Gasteiger partial charge on any atom is -0.390 e. The summed E-state index contributed by atoms with van der Waals surface area (Å²) in [5, 5.41) is 10.6. The number of aliphatic hydroxyl groups is 1. The van der Waals surface area contributed by atoms with Crippen molar-refractivity contribution >= 4 is 0 Å². The van der Waals surface area contributed by atoms with E-state index in [-0.39, 0.29) is 11.7 Å². The lowest BCUT2D eigenvalue weighted by atomic mass is 9.73. The molecule has 0 spiro atoms. The average molecular weight is 256 g/mol. The third-order valence-corrected chi connectivity index (χ3v) is 4.44. The fraction of sp³-hybridized carbons (Fsp3) is 1.00. The normalized spacial score (nSPS) is 32.2. The van der Waals surface area contributed by atoms with Crippen molar-refractivity contribution in [2.24, 2.45) is 11.8 Å². The average Bonchev–Trinajstić information content (AvgIpc) is 2.29. The summed E-state index contributed by atoms with van der Waals surface area (Å²) in [6.45, 7) is 9.51. The van der Waals surface area contributed by atoms with Crippen LogP contribution in [0.15, 0.2) is 0 Å². The quantitative estimate of drug-likeness (QED) is 0.741. The van der Waals surface area contributed by atoms with Gasteiger partial charge in [-0.1, -0.05) is 46.5 Å². The molecule has 1 aliphatic carbocycles. The first-order valence-electron chi connectivity index (χ1n) is 7.86. The topological polar surface area (TPSA) is 29.5 Å². The van der Waals surface area contributed by atoms with E-state index in [9.17, 15) is 5.11 Å². The molecule has 1 aliphatic rings. The first-order valence-corrected chi connectivity index (χ1v) is 7.86. The van der Waals surface area contributed by atoms with Gasteiger partial charge >= 0.3 is 0 Å². The van der Waals surface area contributed by atoms with Crippen LogP contribution in [0.2, 0.25) is 0 Å². The van der Waals surface area contributed by atoms with E-state index in [2.05, 4.69) is 20.8 Å². The molecular formula is C16H32O2. The number of aliphatic hydroxyl groups excluding tert-OH is 1. The number of rotatable bonds is 7. The van der Waals surface area contributed by atoms with Gasteiger partial charge in [-0.05, 0) is 38.0 Å². The van der Waals surface area contributed by atoms with Gasteiger partial charge in [0.05, 0.1) is 11.7 Å². The third kappa shape index (κ3) is 4.24. The number of hydrogen-bond donors (Lipinski definition) is 1. The molecule has 0 bridgehead atoms. The Labute approximate surface area is 113 Å². The predicted molar refractivity (Wildman–Crippen MR) is 76.7 cm³/mol. The highest BCUT2D eigenvalue weighted by molar-refractivity contribution is 4.93. The van der Waals surface area contributed by atoms with E-state index in [1.165, 1.54) is 25.7 Å². The highest BCUT2D eigenvalue weighted by atomic mass is 16.5. The van der Waals surface area contributed by atoms with Crippen molar-refractivity contribution in [3.8, 4) is 0 Å². The Kier molecular flexibility index (Phi) is 6.65. The summed E-state index contributed by atoms with van der Waals surface area (Å²) < 4.78 is 6.03. The highest BCUT2D eigenvalue weighted by Crippen LogP contribution is 2.39. The molecule has 1 fully saturated rings. The minimum atomic E-state index is -0.290. The van der Waals surface area contributed by atoms with Crippen LogP contribution in [0.3, 0.4) is 0 Å². The smallest absolute Gasteiger partial charge is 0.0942 e. The molecule has 4 unspecified atom stereocenters. The zero-order chi connectivity index (χ0) is 13.6. The molecule has 1 N–H and O–H groups in total. The maximum absolute atomic E-state index is 10.6. The summed E-state index contributed by atoms with van der Waals surface area (Å²) in [7, 11) is 0. The van der Waals surface area contributed by atoms with Crippen molar-refractivity contribution in [1.82, 2.24) is 0 Å². The van der Waals surface area contributed by atoms with E-state index in [0.717, 1.165) is 19.3 Å². The molecule has 2 heteroatoms. The molecule has 1 rings (SSSR count). The zero-order valence-corrected chi connectivity index (χ0v) is 12.7. The second-order valence-electron chi connectivity index (χ2n) is 6.34. The van der Waals surface area contributed by atoms with Crippen LogP contribution >= 0.6 is 0 Å². The second-order valence-corrected chi connectivity index (χ2v) is 6.34. The molecule has 0 aromatic carbocycles. The lowest BCUT2D eigenvalue weighted by Gasteiger charge is -2.43. The third-order valence-electron chi connectivity index (χ3n) is 4.44. The molecule has 1 saturated carbocycles. The first kappa shape index (κ1) is 16.0. The standard InChI is InChI=1S/C16H32O2/c1-5-8-13(3)11-15(17)16(18-6-2)10-7-9-14(4)12-16/h13-15,17H,5-12H2,1-4H3. The maximum atomic E-state index is 10.6. The summed E-state index contributed by atoms with van der Waals surface area (Å²) in [5.41, 5.74) is -0.256.